The lowest BCUT2D eigenvalue weighted by Gasteiger charge is -1.96. The summed E-state index contributed by atoms with van der Waals surface area (Å²) in [7, 11) is 0. The summed E-state index contributed by atoms with van der Waals surface area (Å²) in [5, 5.41) is 0. The summed E-state index contributed by atoms with van der Waals surface area (Å²) >= 11 is 0. The second-order valence-electron chi connectivity index (χ2n) is 3.37. The van der Waals surface area contributed by atoms with Crippen molar-refractivity contribution in [3.05, 3.63) is 47.0 Å². The zero-order valence-corrected chi connectivity index (χ0v) is 8.09. The molecule has 2 rings (SSSR count). The summed E-state index contributed by atoms with van der Waals surface area (Å²) in [6, 6.07) is 6.56. The van der Waals surface area contributed by atoms with Crippen LogP contribution in [0.15, 0.2) is 30.4 Å². The molecule has 0 bridgehead atoms. The zero-order valence-electron chi connectivity index (χ0n) is 8.09. The molecule has 0 aliphatic heterocycles. The van der Waals surface area contributed by atoms with Crippen LogP contribution >= 0.6 is 0 Å². The molecule has 0 N–H and O–H groups in total. The molecule has 12 heavy (non-hydrogen) atoms. The van der Waals surface area contributed by atoms with Gasteiger partial charge in [0.15, 0.2) is 0 Å². The van der Waals surface area contributed by atoms with Crippen molar-refractivity contribution in [3.63, 3.8) is 0 Å². The van der Waals surface area contributed by atoms with E-state index in [2.05, 4.69) is 51.1 Å². The summed E-state index contributed by atoms with van der Waals surface area (Å²) in [6.07, 6.45) is 5.50. The van der Waals surface area contributed by atoms with Crippen LogP contribution in [-0.2, 0) is 0 Å². The molecule has 0 saturated carbocycles. The molecule has 0 fully saturated rings. The topological polar surface area (TPSA) is 0 Å². The molecule has 0 nitrogen and oxygen atoms in total. The number of benzene rings is 1. The van der Waals surface area contributed by atoms with E-state index in [4.69, 9.17) is 0 Å². The Morgan fingerprint density at radius 3 is 1.17 bits per heavy atom. The lowest BCUT2D eigenvalue weighted by atomic mass is 10.1. The predicted molar refractivity (Wildman–Crippen MR) is 54.4 cm³/mol. The summed E-state index contributed by atoms with van der Waals surface area (Å²) in [5.41, 5.74) is 4.06. The van der Waals surface area contributed by atoms with E-state index >= 15 is 0 Å². The molecule has 0 amide bonds. The highest BCUT2D eigenvalue weighted by Gasteiger charge is 1.87. The van der Waals surface area contributed by atoms with Crippen molar-refractivity contribution in [1.82, 2.24) is 0 Å². The summed E-state index contributed by atoms with van der Waals surface area (Å²) in [6.45, 7) is 6.38. The minimum Gasteiger partial charge on any atom is -0.0844 e. The van der Waals surface area contributed by atoms with Crippen molar-refractivity contribution in [2.45, 2.75) is 27.2 Å². The third-order valence-corrected chi connectivity index (χ3v) is 1.60. The molecule has 1 aromatic carbocycles. The van der Waals surface area contributed by atoms with Crippen molar-refractivity contribution in [3.8, 4) is 0 Å². The van der Waals surface area contributed by atoms with Crippen LogP contribution in [0.3, 0.4) is 0 Å². The van der Waals surface area contributed by atoms with Gasteiger partial charge in [-0.2, -0.15) is 0 Å². The first-order chi connectivity index (χ1) is 5.68. The molecule has 1 aliphatic rings. The number of hydrogen-bond donors (Lipinski definition) is 0. The van der Waals surface area contributed by atoms with E-state index in [9.17, 15) is 0 Å². The minimum atomic E-state index is 1.25. The molecule has 0 radical (unpaired) electrons. The maximum atomic E-state index is 2.19. The molecule has 0 heteroatoms. The van der Waals surface area contributed by atoms with Crippen LogP contribution in [0.4, 0.5) is 0 Å². The van der Waals surface area contributed by atoms with Gasteiger partial charge in [0.2, 0.25) is 0 Å². The van der Waals surface area contributed by atoms with Crippen LogP contribution in [0.5, 0.6) is 0 Å². The zero-order chi connectivity index (χ0) is 8.97. The van der Waals surface area contributed by atoms with E-state index in [0.29, 0.717) is 0 Å². The van der Waals surface area contributed by atoms with Gasteiger partial charge in [-0.1, -0.05) is 47.0 Å². The number of allylic oxidation sites excluding steroid dienone is 2. The molecule has 1 aromatic rings. The maximum absolute atomic E-state index is 2.19. The Hall–Kier alpha value is -1.04. The molecule has 0 aromatic heterocycles. The molecule has 64 valence electrons. The second kappa shape index (κ2) is 4.10. The molecule has 0 saturated heterocycles. The van der Waals surface area contributed by atoms with Gasteiger partial charge in [0.1, 0.15) is 0 Å². The standard InChI is InChI=1S/C9H12.C3H4/c1-7-4-8(2)6-9(3)5-7;1-2-3-1/h4-6H,1-3H3;1-2H,3H2. The molecule has 0 atom stereocenters. The van der Waals surface area contributed by atoms with Crippen LogP contribution in [0, 0.1) is 20.8 Å². The van der Waals surface area contributed by atoms with E-state index in [1.54, 1.807) is 0 Å². The molecule has 0 spiro atoms. The Labute approximate surface area is 74.9 Å². The quantitative estimate of drug-likeness (QED) is 0.509. The van der Waals surface area contributed by atoms with Gasteiger partial charge in [-0.05, 0) is 27.2 Å². The third kappa shape index (κ3) is 3.97. The fourth-order valence-electron chi connectivity index (χ4n) is 1.20. The van der Waals surface area contributed by atoms with Crippen LogP contribution in [0.25, 0.3) is 0 Å². The van der Waals surface area contributed by atoms with Gasteiger partial charge in [-0.25, -0.2) is 0 Å². The van der Waals surface area contributed by atoms with E-state index in [0.717, 1.165) is 0 Å². The summed E-state index contributed by atoms with van der Waals surface area (Å²) in [5.74, 6) is 0. The van der Waals surface area contributed by atoms with E-state index in [1.165, 1.54) is 23.1 Å². The molecule has 1 aliphatic carbocycles. The second-order valence-corrected chi connectivity index (χ2v) is 3.37. The Kier molecular flexibility index (Phi) is 3.09. The fourth-order valence-corrected chi connectivity index (χ4v) is 1.20. The lowest BCUT2D eigenvalue weighted by molar-refractivity contribution is 1.32. The molecule has 0 unspecified atom stereocenters. The molecular weight excluding hydrogens is 144 g/mol. The highest BCUT2D eigenvalue weighted by molar-refractivity contribution is 5.27. The highest BCUT2D eigenvalue weighted by Crippen LogP contribution is 2.06. The average Bonchev–Trinajstić information content (AvgIpc) is 2.65. The number of aryl methyl sites for hydroxylation is 3. The monoisotopic (exact) mass is 160 g/mol. The van der Waals surface area contributed by atoms with Crippen molar-refractivity contribution >= 4 is 0 Å². The number of rotatable bonds is 0. The first kappa shape index (κ1) is 9.05. The smallest absolute Gasteiger partial charge is 0.0169 e. The molecule has 0 heterocycles. The van der Waals surface area contributed by atoms with Crippen LogP contribution in [0.1, 0.15) is 23.1 Å². The van der Waals surface area contributed by atoms with Crippen molar-refractivity contribution in [1.29, 1.82) is 0 Å². The Morgan fingerprint density at radius 2 is 1.00 bits per heavy atom. The van der Waals surface area contributed by atoms with Gasteiger partial charge in [0.25, 0.3) is 0 Å². The van der Waals surface area contributed by atoms with Gasteiger partial charge in [-0.3, -0.25) is 0 Å². The van der Waals surface area contributed by atoms with Crippen LogP contribution < -0.4 is 0 Å². The number of hydrogen-bond acceptors (Lipinski definition) is 0. The van der Waals surface area contributed by atoms with Crippen LogP contribution in [-0.4, -0.2) is 0 Å². The fraction of sp³-hybridized carbons (Fsp3) is 0.333. The van der Waals surface area contributed by atoms with E-state index in [-0.39, 0.29) is 0 Å². The van der Waals surface area contributed by atoms with E-state index in [1.807, 2.05) is 0 Å². The van der Waals surface area contributed by atoms with Crippen molar-refractivity contribution in [2.75, 3.05) is 0 Å². The molecular formula is C12H16. The normalized spacial score (nSPS) is 11.9. The van der Waals surface area contributed by atoms with Crippen molar-refractivity contribution in [2.24, 2.45) is 0 Å². The Balaban J connectivity index is 0.000000200. The van der Waals surface area contributed by atoms with Gasteiger partial charge < -0.3 is 0 Å². The van der Waals surface area contributed by atoms with E-state index < -0.39 is 0 Å². The predicted octanol–water partition coefficient (Wildman–Crippen LogP) is 3.56. The van der Waals surface area contributed by atoms with Crippen molar-refractivity contribution < 1.29 is 0 Å². The van der Waals surface area contributed by atoms with Gasteiger partial charge >= 0.3 is 0 Å². The Bertz CT molecular complexity index is 228. The summed E-state index contributed by atoms with van der Waals surface area (Å²) < 4.78 is 0. The average molecular weight is 160 g/mol. The first-order valence-electron chi connectivity index (χ1n) is 4.38. The van der Waals surface area contributed by atoms with Crippen LogP contribution in [0.2, 0.25) is 0 Å². The largest absolute Gasteiger partial charge is 0.0844 e. The van der Waals surface area contributed by atoms with Gasteiger partial charge in [0, 0.05) is 0 Å². The lowest BCUT2D eigenvalue weighted by Crippen LogP contribution is -1.78. The first-order valence-corrected chi connectivity index (χ1v) is 4.38. The summed E-state index contributed by atoms with van der Waals surface area (Å²) in [4.78, 5) is 0. The highest BCUT2D eigenvalue weighted by atomic mass is 13.9. The van der Waals surface area contributed by atoms with Gasteiger partial charge in [-0.15, -0.1) is 0 Å². The van der Waals surface area contributed by atoms with Gasteiger partial charge in [0.05, 0.1) is 0 Å². The third-order valence-electron chi connectivity index (χ3n) is 1.60. The Morgan fingerprint density at radius 1 is 0.750 bits per heavy atom. The SMILES string of the molecule is C1=CC1.Cc1cc(C)cc(C)c1. The maximum Gasteiger partial charge on any atom is -0.0169 e. The minimum absolute atomic E-state index is 1.25.